The lowest BCUT2D eigenvalue weighted by atomic mass is 9.86. The van der Waals surface area contributed by atoms with Gasteiger partial charge in [0.15, 0.2) is 0 Å². The van der Waals surface area contributed by atoms with Crippen LogP contribution in [-0.4, -0.2) is 26.2 Å². The zero-order valence-electron chi connectivity index (χ0n) is 12.4. The highest BCUT2D eigenvalue weighted by Crippen LogP contribution is 2.38. The van der Waals surface area contributed by atoms with Gasteiger partial charge in [-0.25, -0.2) is 4.79 Å². The molecule has 0 spiro atoms. The van der Waals surface area contributed by atoms with Crippen molar-refractivity contribution in [2.45, 2.75) is 32.6 Å². The lowest BCUT2D eigenvalue weighted by Gasteiger charge is -2.30. The fourth-order valence-electron chi connectivity index (χ4n) is 2.38. The average Bonchev–Trinajstić information content (AvgIpc) is 2.37. The molecule has 0 aliphatic carbocycles. The molecule has 0 radical (unpaired) electrons. The number of carbonyl (C=O) groups is 1. The molecule has 0 saturated carbocycles. The minimum atomic E-state index is -0.0342. The first-order valence-corrected chi connectivity index (χ1v) is 7.86. The van der Waals surface area contributed by atoms with E-state index in [1.54, 1.807) is 12.0 Å². The topological polar surface area (TPSA) is 41.6 Å². The third-order valence-corrected chi connectivity index (χ3v) is 4.23. The van der Waals surface area contributed by atoms with Crippen LogP contribution in [0.1, 0.15) is 32.8 Å². The highest BCUT2D eigenvalue weighted by Gasteiger charge is 2.25. The van der Waals surface area contributed by atoms with Gasteiger partial charge in [-0.1, -0.05) is 20.8 Å². The average molecular weight is 388 g/mol. The summed E-state index contributed by atoms with van der Waals surface area (Å²) in [5.74, 6) is 0.902. The molecule has 1 saturated heterocycles. The number of anilines is 1. The van der Waals surface area contributed by atoms with Crippen LogP contribution >= 0.6 is 22.6 Å². The molecule has 5 heteroatoms. The van der Waals surface area contributed by atoms with Crippen molar-refractivity contribution >= 4 is 34.3 Å². The van der Waals surface area contributed by atoms with Crippen LogP contribution in [0.5, 0.6) is 5.75 Å². The Kier molecular flexibility index (Phi) is 4.46. The maximum Gasteiger partial charge on any atom is 0.321 e. The summed E-state index contributed by atoms with van der Waals surface area (Å²) in [6.07, 6.45) is 0.971. The van der Waals surface area contributed by atoms with Crippen molar-refractivity contribution in [2.75, 3.05) is 25.1 Å². The van der Waals surface area contributed by atoms with Crippen molar-refractivity contribution < 1.29 is 9.53 Å². The second kappa shape index (κ2) is 5.79. The van der Waals surface area contributed by atoms with E-state index in [0.717, 1.165) is 40.1 Å². The van der Waals surface area contributed by atoms with Gasteiger partial charge >= 0.3 is 6.03 Å². The van der Waals surface area contributed by atoms with E-state index in [-0.39, 0.29) is 11.4 Å². The number of hydrogen-bond donors (Lipinski definition) is 1. The lowest BCUT2D eigenvalue weighted by Crippen LogP contribution is -2.46. The number of nitrogens with one attached hydrogen (secondary N) is 1. The molecule has 0 atom stereocenters. The van der Waals surface area contributed by atoms with Crippen LogP contribution in [0.2, 0.25) is 0 Å². The smallest absolute Gasteiger partial charge is 0.321 e. The molecule has 0 unspecified atom stereocenters. The van der Waals surface area contributed by atoms with Gasteiger partial charge in [-0.15, -0.1) is 0 Å². The SMILES string of the molecule is COc1c(I)cc(N2CCCNC2=O)cc1C(C)(C)C. The Morgan fingerprint density at radius 1 is 1.35 bits per heavy atom. The first-order chi connectivity index (χ1) is 9.34. The number of halogens is 1. The van der Waals surface area contributed by atoms with Gasteiger partial charge in [-0.2, -0.15) is 0 Å². The van der Waals surface area contributed by atoms with Crippen LogP contribution < -0.4 is 15.0 Å². The van der Waals surface area contributed by atoms with E-state index in [4.69, 9.17) is 4.74 Å². The van der Waals surface area contributed by atoms with E-state index in [2.05, 4.69) is 54.7 Å². The molecule has 1 aliphatic rings. The third kappa shape index (κ3) is 3.02. The quantitative estimate of drug-likeness (QED) is 0.788. The van der Waals surface area contributed by atoms with Gasteiger partial charge in [0.05, 0.1) is 10.7 Å². The van der Waals surface area contributed by atoms with E-state index < -0.39 is 0 Å². The van der Waals surface area contributed by atoms with Crippen LogP contribution in [0.3, 0.4) is 0 Å². The van der Waals surface area contributed by atoms with Crippen molar-refractivity contribution in [1.29, 1.82) is 0 Å². The molecule has 1 aromatic rings. The fourth-order valence-corrected chi connectivity index (χ4v) is 3.21. The standard InChI is InChI=1S/C15H21IN2O2/c1-15(2,3)11-8-10(9-12(16)13(11)20-4)18-7-5-6-17-14(18)19/h8-9H,5-7H2,1-4H3,(H,17,19). The zero-order valence-corrected chi connectivity index (χ0v) is 14.6. The first-order valence-electron chi connectivity index (χ1n) is 6.78. The molecule has 0 bridgehead atoms. The predicted octanol–water partition coefficient (Wildman–Crippen LogP) is 3.52. The van der Waals surface area contributed by atoms with Gasteiger partial charge in [0, 0.05) is 24.3 Å². The van der Waals surface area contributed by atoms with Crippen molar-refractivity contribution in [3.8, 4) is 5.75 Å². The molecule has 1 aromatic carbocycles. The van der Waals surface area contributed by atoms with Gasteiger partial charge in [0.1, 0.15) is 5.75 Å². The van der Waals surface area contributed by atoms with Crippen molar-refractivity contribution in [3.05, 3.63) is 21.3 Å². The largest absolute Gasteiger partial charge is 0.495 e. The van der Waals surface area contributed by atoms with Crippen LogP contribution in [-0.2, 0) is 5.41 Å². The normalized spacial score (nSPS) is 16.1. The Hall–Kier alpha value is -0.980. The molecular formula is C15H21IN2O2. The number of urea groups is 1. The molecule has 1 aliphatic heterocycles. The third-order valence-electron chi connectivity index (χ3n) is 3.43. The Balaban J connectivity index is 2.50. The zero-order chi connectivity index (χ0) is 14.9. The Bertz CT molecular complexity index is 523. The molecule has 2 amide bonds. The molecule has 2 rings (SSSR count). The monoisotopic (exact) mass is 388 g/mol. The van der Waals surface area contributed by atoms with E-state index >= 15 is 0 Å². The van der Waals surface area contributed by atoms with Gasteiger partial charge in [-0.3, -0.25) is 4.90 Å². The summed E-state index contributed by atoms with van der Waals surface area (Å²) in [5.41, 5.74) is 2.03. The summed E-state index contributed by atoms with van der Waals surface area (Å²) < 4.78 is 6.58. The number of ether oxygens (including phenoxy) is 1. The molecular weight excluding hydrogens is 367 g/mol. The summed E-state index contributed by atoms with van der Waals surface area (Å²) in [4.78, 5) is 13.8. The second-order valence-electron chi connectivity index (χ2n) is 6.00. The van der Waals surface area contributed by atoms with Crippen LogP contribution in [0.25, 0.3) is 0 Å². The summed E-state index contributed by atoms with van der Waals surface area (Å²) in [7, 11) is 1.69. The Morgan fingerprint density at radius 3 is 2.60 bits per heavy atom. The van der Waals surface area contributed by atoms with Gasteiger partial charge in [0.25, 0.3) is 0 Å². The number of benzene rings is 1. The van der Waals surface area contributed by atoms with Gasteiger partial charge in [0.2, 0.25) is 0 Å². The molecule has 1 N–H and O–H groups in total. The molecule has 0 aromatic heterocycles. The maximum atomic E-state index is 12.0. The first kappa shape index (κ1) is 15.4. The summed E-state index contributed by atoms with van der Waals surface area (Å²) in [5, 5.41) is 2.89. The second-order valence-corrected chi connectivity index (χ2v) is 7.16. The Labute approximate surface area is 134 Å². The summed E-state index contributed by atoms with van der Waals surface area (Å²) in [6.45, 7) is 7.98. The van der Waals surface area contributed by atoms with Crippen LogP contribution in [0.15, 0.2) is 12.1 Å². The number of amides is 2. The molecule has 20 heavy (non-hydrogen) atoms. The van der Waals surface area contributed by atoms with Gasteiger partial charge in [-0.05, 0) is 46.6 Å². The van der Waals surface area contributed by atoms with E-state index in [1.165, 1.54) is 0 Å². The van der Waals surface area contributed by atoms with Crippen LogP contribution in [0, 0.1) is 3.57 Å². The highest BCUT2D eigenvalue weighted by atomic mass is 127. The lowest BCUT2D eigenvalue weighted by molar-refractivity contribution is 0.243. The minimum Gasteiger partial charge on any atom is -0.495 e. The minimum absolute atomic E-state index is 0.0166. The molecule has 4 nitrogen and oxygen atoms in total. The van der Waals surface area contributed by atoms with Gasteiger partial charge < -0.3 is 10.1 Å². The Morgan fingerprint density at radius 2 is 2.05 bits per heavy atom. The fraction of sp³-hybridized carbons (Fsp3) is 0.533. The molecule has 1 heterocycles. The van der Waals surface area contributed by atoms with E-state index in [0.29, 0.717) is 0 Å². The predicted molar refractivity (Wildman–Crippen MR) is 89.8 cm³/mol. The van der Waals surface area contributed by atoms with Crippen molar-refractivity contribution in [2.24, 2.45) is 0 Å². The number of nitrogens with zero attached hydrogens (tertiary/aromatic N) is 1. The molecule has 110 valence electrons. The van der Waals surface area contributed by atoms with Crippen molar-refractivity contribution in [3.63, 3.8) is 0 Å². The summed E-state index contributed by atoms with van der Waals surface area (Å²) >= 11 is 2.27. The number of hydrogen-bond acceptors (Lipinski definition) is 2. The molecule has 1 fully saturated rings. The number of methoxy groups -OCH3 is 1. The van der Waals surface area contributed by atoms with Crippen molar-refractivity contribution in [1.82, 2.24) is 5.32 Å². The number of rotatable bonds is 2. The van der Waals surface area contributed by atoms with E-state index in [9.17, 15) is 4.79 Å². The summed E-state index contributed by atoms with van der Waals surface area (Å²) in [6, 6.07) is 4.07. The number of carbonyl (C=O) groups excluding carboxylic acids is 1. The van der Waals surface area contributed by atoms with E-state index in [1.807, 2.05) is 6.07 Å². The van der Waals surface area contributed by atoms with Crippen LogP contribution in [0.4, 0.5) is 10.5 Å². The maximum absolute atomic E-state index is 12.0. The highest BCUT2D eigenvalue weighted by molar-refractivity contribution is 14.1.